The molecule has 0 aromatic carbocycles. The predicted octanol–water partition coefficient (Wildman–Crippen LogP) is 1.36. The first-order valence-corrected chi connectivity index (χ1v) is 6.08. The van der Waals surface area contributed by atoms with E-state index in [1.807, 2.05) is 0 Å². The van der Waals surface area contributed by atoms with E-state index in [4.69, 9.17) is 0 Å². The molecule has 1 aliphatic rings. The van der Waals surface area contributed by atoms with Crippen molar-refractivity contribution in [3.8, 4) is 0 Å². The summed E-state index contributed by atoms with van der Waals surface area (Å²) in [6.07, 6.45) is 1.81. The molecule has 1 saturated heterocycles. The van der Waals surface area contributed by atoms with Gasteiger partial charge < -0.3 is 9.88 Å². The van der Waals surface area contributed by atoms with Crippen molar-refractivity contribution in [1.82, 2.24) is 5.32 Å². The quantitative estimate of drug-likeness (QED) is 0.588. The van der Waals surface area contributed by atoms with Gasteiger partial charge in [-0.05, 0) is 0 Å². The van der Waals surface area contributed by atoms with Gasteiger partial charge >= 0.3 is 0 Å². The van der Waals surface area contributed by atoms with Crippen molar-refractivity contribution >= 4 is 7.14 Å². The van der Waals surface area contributed by atoms with Crippen LogP contribution in [-0.2, 0) is 4.57 Å². The summed E-state index contributed by atoms with van der Waals surface area (Å²) in [5.41, 5.74) is 0.398. The molecule has 0 atom stereocenters. The molecule has 0 unspecified atom stereocenters. The van der Waals surface area contributed by atoms with Crippen LogP contribution in [0.3, 0.4) is 0 Å². The Morgan fingerprint density at radius 1 is 1.30 bits per heavy atom. The van der Waals surface area contributed by atoms with Crippen LogP contribution in [0.15, 0.2) is 0 Å². The van der Waals surface area contributed by atoms with Crippen molar-refractivity contribution in [2.24, 2.45) is 0 Å². The van der Waals surface area contributed by atoms with Crippen molar-refractivity contribution in [2.45, 2.75) is 19.5 Å². The zero-order valence-corrected chi connectivity index (χ0v) is 7.66. The van der Waals surface area contributed by atoms with Crippen LogP contribution in [0.4, 0.5) is 0 Å². The lowest BCUT2D eigenvalue weighted by molar-refractivity contribution is 0.555. The first-order valence-electron chi connectivity index (χ1n) is 3.94. The Bertz CT molecular complexity index is 146. The van der Waals surface area contributed by atoms with Crippen molar-refractivity contribution in [3.05, 3.63) is 0 Å². The highest BCUT2D eigenvalue weighted by Gasteiger charge is 2.27. The zero-order valence-electron chi connectivity index (χ0n) is 6.76. The molecule has 1 heterocycles. The standard InChI is InChI=1S/C7H16NOP/c1-7(2)10(9)5-3-8-4-6-10/h7-8H,3-6H2,1-2H3. The van der Waals surface area contributed by atoms with Crippen LogP contribution in [0, 0.1) is 0 Å². The van der Waals surface area contributed by atoms with Crippen molar-refractivity contribution < 1.29 is 4.57 Å². The van der Waals surface area contributed by atoms with Crippen LogP contribution < -0.4 is 5.32 Å². The Morgan fingerprint density at radius 3 is 2.10 bits per heavy atom. The minimum atomic E-state index is -1.75. The highest BCUT2D eigenvalue weighted by Crippen LogP contribution is 2.50. The Hall–Kier alpha value is 0.190. The monoisotopic (exact) mass is 161 g/mol. The molecule has 10 heavy (non-hydrogen) atoms. The fourth-order valence-corrected chi connectivity index (χ4v) is 3.62. The second kappa shape index (κ2) is 3.06. The third-order valence-electron chi connectivity index (χ3n) is 2.28. The van der Waals surface area contributed by atoms with E-state index in [1.54, 1.807) is 0 Å². The van der Waals surface area contributed by atoms with Crippen LogP contribution in [0.25, 0.3) is 0 Å². The minimum Gasteiger partial charge on any atom is -0.323 e. The molecule has 0 aliphatic carbocycles. The molecule has 0 aromatic rings. The maximum Gasteiger partial charge on any atom is 0.0926 e. The maximum atomic E-state index is 11.9. The van der Waals surface area contributed by atoms with Gasteiger partial charge in [0.15, 0.2) is 0 Å². The normalized spacial score (nSPS) is 25.1. The summed E-state index contributed by atoms with van der Waals surface area (Å²) in [7, 11) is -1.75. The third kappa shape index (κ3) is 1.62. The van der Waals surface area contributed by atoms with Crippen molar-refractivity contribution in [3.63, 3.8) is 0 Å². The van der Waals surface area contributed by atoms with Gasteiger partial charge in [-0.1, -0.05) is 13.8 Å². The second-order valence-corrected chi connectivity index (χ2v) is 7.08. The fourth-order valence-electron chi connectivity index (χ4n) is 1.29. The summed E-state index contributed by atoms with van der Waals surface area (Å²) in [6.45, 7) is 6.06. The van der Waals surface area contributed by atoms with Crippen molar-refractivity contribution in [1.29, 1.82) is 0 Å². The maximum absolute atomic E-state index is 11.9. The molecule has 60 valence electrons. The molecule has 1 rings (SSSR count). The average molecular weight is 161 g/mol. The van der Waals surface area contributed by atoms with E-state index >= 15 is 0 Å². The highest BCUT2D eigenvalue weighted by atomic mass is 31.2. The summed E-state index contributed by atoms with van der Waals surface area (Å²) >= 11 is 0. The average Bonchev–Trinajstić information content (AvgIpc) is 1.89. The Balaban J connectivity index is 2.57. The van der Waals surface area contributed by atoms with E-state index < -0.39 is 7.14 Å². The molecule has 0 spiro atoms. The number of rotatable bonds is 1. The van der Waals surface area contributed by atoms with Gasteiger partial charge in [-0.25, -0.2) is 0 Å². The van der Waals surface area contributed by atoms with Gasteiger partial charge in [0.2, 0.25) is 0 Å². The van der Waals surface area contributed by atoms with Gasteiger partial charge in [0.25, 0.3) is 0 Å². The first kappa shape index (κ1) is 8.29. The van der Waals surface area contributed by atoms with E-state index in [-0.39, 0.29) is 0 Å². The second-order valence-electron chi connectivity index (χ2n) is 3.24. The van der Waals surface area contributed by atoms with Crippen LogP contribution in [0.1, 0.15) is 13.8 Å². The molecule has 0 aromatic heterocycles. The van der Waals surface area contributed by atoms with Crippen LogP contribution in [-0.4, -0.2) is 31.1 Å². The summed E-state index contributed by atoms with van der Waals surface area (Å²) in [5, 5.41) is 3.22. The van der Waals surface area contributed by atoms with Crippen molar-refractivity contribution in [2.75, 3.05) is 25.4 Å². The molecule has 1 aliphatic heterocycles. The third-order valence-corrected chi connectivity index (χ3v) is 6.12. The number of hydrogen-bond donors (Lipinski definition) is 1. The van der Waals surface area contributed by atoms with Crippen LogP contribution >= 0.6 is 7.14 Å². The van der Waals surface area contributed by atoms with E-state index in [1.165, 1.54) is 0 Å². The lowest BCUT2D eigenvalue weighted by Gasteiger charge is -2.26. The predicted molar refractivity (Wildman–Crippen MR) is 45.3 cm³/mol. The lowest BCUT2D eigenvalue weighted by atomic mass is 10.6. The van der Waals surface area contributed by atoms with Gasteiger partial charge in [0, 0.05) is 31.1 Å². The summed E-state index contributed by atoms with van der Waals surface area (Å²) in [4.78, 5) is 0. The van der Waals surface area contributed by atoms with Crippen LogP contribution in [0.2, 0.25) is 0 Å². The van der Waals surface area contributed by atoms with Gasteiger partial charge in [-0.15, -0.1) is 0 Å². The van der Waals surface area contributed by atoms with Crippen LogP contribution in [0.5, 0.6) is 0 Å². The topological polar surface area (TPSA) is 29.1 Å². The Morgan fingerprint density at radius 2 is 1.80 bits per heavy atom. The molecule has 1 N–H and O–H groups in total. The van der Waals surface area contributed by atoms with E-state index in [9.17, 15) is 4.57 Å². The molecule has 0 radical (unpaired) electrons. The lowest BCUT2D eigenvalue weighted by Crippen LogP contribution is -2.30. The SMILES string of the molecule is CC(C)P1(=O)CCNCC1. The zero-order chi connectivity index (χ0) is 7.61. The molecule has 1 fully saturated rings. The highest BCUT2D eigenvalue weighted by molar-refractivity contribution is 7.64. The molecule has 2 nitrogen and oxygen atoms in total. The molecular weight excluding hydrogens is 145 g/mol. The first-order chi connectivity index (χ1) is 4.65. The summed E-state index contributed by atoms with van der Waals surface area (Å²) in [5.74, 6) is 0. The molecule has 0 bridgehead atoms. The fraction of sp³-hybridized carbons (Fsp3) is 1.00. The number of nitrogens with one attached hydrogen (secondary N) is 1. The minimum absolute atomic E-state index is 0.398. The summed E-state index contributed by atoms with van der Waals surface area (Å²) in [6, 6.07) is 0. The van der Waals surface area contributed by atoms with E-state index in [0.717, 1.165) is 25.4 Å². The van der Waals surface area contributed by atoms with E-state index in [2.05, 4.69) is 19.2 Å². The smallest absolute Gasteiger partial charge is 0.0926 e. The van der Waals surface area contributed by atoms with E-state index in [0.29, 0.717) is 5.66 Å². The molecule has 0 amide bonds. The molecule has 3 heteroatoms. The Labute approximate surface area is 62.8 Å². The largest absolute Gasteiger partial charge is 0.323 e. The molecular formula is C7H16NOP. The number of hydrogen-bond acceptors (Lipinski definition) is 2. The summed E-state index contributed by atoms with van der Waals surface area (Å²) < 4.78 is 11.9. The molecule has 0 saturated carbocycles. The van der Waals surface area contributed by atoms with Gasteiger partial charge in [0.1, 0.15) is 0 Å². The van der Waals surface area contributed by atoms with Gasteiger partial charge in [-0.2, -0.15) is 0 Å². The van der Waals surface area contributed by atoms with Gasteiger partial charge in [0.05, 0.1) is 7.14 Å². The Kier molecular flexibility index (Phi) is 2.54. The van der Waals surface area contributed by atoms with Gasteiger partial charge in [-0.3, -0.25) is 0 Å².